The van der Waals surface area contributed by atoms with Gasteiger partial charge in [0.25, 0.3) is 0 Å². The zero-order chi connectivity index (χ0) is 15.1. The lowest BCUT2D eigenvalue weighted by atomic mass is 10.0. The molecule has 1 N–H and O–H groups in total. The van der Waals surface area contributed by atoms with Crippen LogP contribution < -0.4 is 10.1 Å². The van der Waals surface area contributed by atoms with Gasteiger partial charge in [-0.25, -0.2) is 0 Å². The van der Waals surface area contributed by atoms with Gasteiger partial charge in [0.1, 0.15) is 5.75 Å². The fraction of sp³-hybridized carbons (Fsp3) is 0.562. The van der Waals surface area contributed by atoms with Gasteiger partial charge in [0, 0.05) is 18.2 Å². The molecule has 0 aliphatic carbocycles. The van der Waals surface area contributed by atoms with Gasteiger partial charge in [-0.2, -0.15) is 0 Å². The van der Waals surface area contributed by atoms with Crippen LogP contribution in [0.4, 0.5) is 0 Å². The Morgan fingerprint density at radius 3 is 3.10 bits per heavy atom. The summed E-state index contributed by atoms with van der Waals surface area (Å²) in [5.74, 6) is 0.899. The molecule has 116 valence electrons. The summed E-state index contributed by atoms with van der Waals surface area (Å²) in [4.78, 5) is 12.0. The molecule has 1 atom stereocenters. The van der Waals surface area contributed by atoms with Crippen molar-refractivity contribution in [2.45, 2.75) is 26.2 Å². The van der Waals surface area contributed by atoms with Gasteiger partial charge >= 0.3 is 0 Å². The number of nitrogens with one attached hydrogen (secondary N) is 1. The van der Waals surface area contributed by atoms with E-state index in [0.29, 0.717) is 31.2 Å². The van der Waals surface area contributed by atoms with Crippen molar-refractivity contribution in [3.63, 3.8) is 0 Å². The minimum Gasteiger partial charge on any atom is -0.494 e. The number of rotatable bonds is 6. The summed E-state index contributed by atoms with van der Waals surface area (Å²) in [7, 11) is 0. The highest BCUT2D eigenvalue weighted by Gasteiger charge is 2.21. The molecule has 2 rings (SSSR count). The number of hydrogen-bond acceptors (Lipinski definition) is 3. The lowest BCUT2D eigenvalue weighted by molar-refractivity contribution is -0.128. The molecule has 0 bridgehead atoms. The molecule has 0 saturated carbocycles. The Morgan fingerprint density at radius 1 is 1.52 bits per heavy atom. The monoisotopic (exact) mass is 311 g/mol. The predicted octanol–water partition coefficient (Wildman–Crippen LogP) is 2.82. The first kappa shape index (κ1) is 16.1. The number of carbonyl (C=O) groups is 1. The van der Waals surface area contributed by atoms with Crippen molar-refractivity contribution < 1.29 is 14.3 Å². The van der Waals surface area contributed by atoms with Crippen LogP contribution in [0.3, 0.4) is 0 Å². The molecular formula is C16H22ClNO3. The highest BCUT2D eigenvalue weighted by molar-refractivity contribution is 6.30. The maximum Gasteiger partial charge on any atom is 0.225 e. The Morgan fingerprint density at radius 2 is 2.38 bits per heavy atom. The first-order valence-electron chi connectivity index (χ1n) is 7.47. The fourth-order valence-electron chi connectivity index (χ4n) is 2.45. The molecule has 1 saturated heterocycles. The Kier molecular flexibility index (Phi) is 6.33. The second kappa shape index (κ2) is 8.25. The van der Waals surface area contributed by atoms with Crippen LogP contribution in [-0.4, -0.2) is 32.3 Å². The third kappa shape index (κ3) is 4.90. The standard InChI is InChI=1S/C16H22ClNO3/c1-2-21-15-6-5-14(17)10-12(15)7-8-18-16(19)13-4-3-9-20-11-13/h5-6,10,13H,2-4,7-9,11H2,1H3,(H,18,19)/t13-/m0/s1. The molecule has 0 unspecified atom stereocenters. The molecule has 1 fully saturated rings. The van der Waals surface area contributed by atoms with Crippen molar-refractivity contribution in [1.29, 1.82) is 0 Å². The molecular weight excluding hydrogens is 290 g/mol. The molecule has 1 heterocycles. The van der Waals surface area contributed by atoms with Crippen LogP contribution in [0, 0.1) is 5.92 Å². The summed E-state index contributed by atoms with van der Waals surface area (Å²) in [6.07, 6.45) is 2.57. The third-order valence-electron chi connectivity index (χ3n) is 3.55. The zero-order valence-electron chi connectivity index (χ0n) is 12.4. The number of ether oxygens (including phenoxy) is 2. The summed E-state index contributed by atoms with van der Waals surface area (Å²) in [6.45, 7) is 4.44. The smallest absolute Gasteiger partial charge is 0.225 e. The highest BCUT2D eigenvalue weighted by Crippen LogP contribution is 2.23. The van der Waals surface area contributed by atoms with Crippen molar-refractivity contribution >= 4 is 17.5 Å². The van der Waals surface area contributed by atoms with Gasteiger partial charge in [-0.05, 0) is 49.9 Å². The second-order valence-electron chi connectivity index (χ2n) is 5.14. The van der Waals surface area contributed by atoms with Crippen molar-refractivity contribution in [3.8, 4) is 5.75 Å². The van der Waals surface area contributed by atoms with E-state index in [0.717, 1.165) is 30.8 Å². The summed E-state index contributed by atoms with van der Waals surface area (Å²) in [5, 5.41) is 3.65. The van der Waals surface area contributed by atoms with Crippen LogP contribution in [0.25, 0.3) is 0 Å². The molecule has 0 aromatic heterocycles. The van der Waals surface area contributed by atoms with E-state index in [-0.39, 0.29) is 11.8 Å². The molecule has 0 spiro atoms. The Bertz CT molecular complexity index is 473. The second-order valence-corrected chi connectivity index (χ2v) is 5.58. The van der Waals surface area contributed by atoms with Gasteiger partial charge in [-0.3, -0.25) is 4.79 Å². The van der Waals surface area contributed by atoms with Crippen LogP contribution in [-0.2, 0) is 16.0 Å². The predicted molar refractivity (Wildman–Crippen MR) is 82.9 cm³/mol. The molecule has 1 aromatic carbocycles. The number of hydrogen-bond donors (Lipinski definition) is 1. The minimum absolute atomic E-state index is 0.00975. The van der Waals surface area contributed by atoms with Crippen molar-refractivity contribution in [3.05, 3.63) is 28.8 Å². The lowest BCUT2D eigenvalue weighted by Gasteiger charge is -2.21. The Labute approximate surface area is 130 Å². The summed E-state index contributed by atoms with van der Waals surface area (Å²) < 4.78 is 10.9. The average molecular weight is 312 g/mol. The zero-order valence-corrected chi connectivity index (χ0v) is 13.1. The van der Waals surface area contributed by atoms with Gasteiger partial charge in [0.2, 0.25) is 5.91 Å². The number of benzene rings is 1. The first-order chi connectivity index (χ1) is 10.2. The molecule has 21 heavy (non-hydrogen) atoms. The summed E-state index contributed by atoms with van der Waals surface area (Å²) in [5.41, 5.74) is 1.02. The van der Waals surface area contributed by atoms with E-state index < -0.39 is 0 Å². The van der Waals surface area contributed by atoms with E-state index in [1.165, 1.54) is 0 Å². The van der Waals surface area contributed by atoms with Crippen LogP contribution in [0.1, 0.15) is 25.3 Å². The average Bonchev–Trinajstić information content (AvgIpc) is 2.51. The third-order valence-corrected chi connectivity index (χ3v) is 3.78. The first-order valence-corrected chi connectivity index (χ1v) is 7.85. The van der Waals surface area contributed by atoms with Crippen molar-refractivity contribution in [2.24, 2.45) is 5.92 Å². The van der Waals surface area contributed by atoms with Crippen LogP contribution >= 0.6 is 11.6 Å². The van der Waals surface area contributed by atoms with Gasteiger partial charge in [0.15, 0.2) is 0 Å². The maximum atomic E-state index is 12.0. The fourth-order valence-corrected chi connectivity index (χ4v) is 2.65. The quantitative estimate of drug-likeness (QED) is 0.879. The van der Waals surface area contributed by atoms with Crippen molar-refractivity contribution in [2.75, 3.05) is 26.4 Å². The molecule has 1 amide bonds. The SMILES string of the molecule is CCOc1ccc(Cl)cc1CCNC(=O)[C@H]1CCCOC1. The number of amides is 1. The summed E-state index contributed by atoms with van der Waals surface area (Å²) in [6, 6.07) is 5.58. The van der Waals surface area contributed by atoms with E-state index >= 15 is 0 Å². The molecule has 1 aromatic rings. The van der Waals surface area contributed by atoms with E-state index in [4.69, 9.17) is 21.1 Å². The molecule has 1 aliphatic rings. The minimum atomic E-state index is -0.00975. The Hall–Kier alpha value is -1.26. The topological polar surface area (TPSA) is 47.6 Å². The van der Waals surface area contributed by atoms with Crippen LogP contribution in [0.5, 0.6) is 5.75 Å². The molecule has 5 heteroatoms. The van der Waals surface area contributed by atoms with E-state index in [1.54, 1.807) is 0 Å². The molecule has 1 aliphatic heterocycles. The van der Waals surface area contributed by atoms with E-state index in [2.05, 4.69) is 5.32 Å². The Balaban J connectivity index is 1.84. The largest absolute Gasteiger partial charge is 0.494 e. The van der Waals surface area contributed by atoms with E-state index in [1.807, 2.05) is 25.1 Å². The molecule has 4 nitrogen and oxygen atoms in total. The van der Waals surface area contributed by atoms with Gasteiger partial charge < -0.3 is 14.8 Å². The highest BCUT2D eigenvalue weighted by atomic mass is 35.5. The van der Waals surface area contributed by atoms with Gasteiger partial charge in [-0.1, -0.05) is 11.6 Å². The number of halogens is 1. The molecule has 0 radical (unpaired) electrons. The van der Waals surface area contributed by atoms with Crippen LogP contribution in [0.2, 0.25) is 5.02 Å². The summed E-state index contributed by atoms with van der Waals surface area (Å²) >= 11 is 6.02. The van der Waals surface area contributed by atoms with Gasteiger partial charge in [0.05, 0.1) is 19.1 Å². The lowest BCUT2D eigenvalue weighted by Crippen LogP contribution is -2.36. The van der Waals surface area contributed by atoms with Gasteiger partial charge in [-0.15, -0.1) is 0 Å². The maximum absolute atomic E-state index is 12.0. The number of carbonyl (C=O) groups excluding carboxylic acids is 1. The van der Waals surface area contributed by atoms with Crippen LogP contribution in [0.15, 0.2) is 18.2 Å². The normalized spacial score (nSPS) is 18.3. The van der Waals surface area contributed by atoms with E-state index in [9.17, 15) is 4.79 Å². The van der Waals surface area contributed by atoms with Crippen molar-refractivity contribution in [1.82, 2.24) is 5.32 Å².